The number of rotatable bonds is 10. The van der Waals surface area contributed by atoms with Crippen LogP contribution in [0.3, 0.4) is 0 Å². The van der Waals surface area contributed by atoms with E-state index in [2.05, 4.69) is 31.1 Å². The Morgan fingerprint density at radius 1 is 1.39 bits per heavy atom. The fourth-order valence-electron chi connectivity index (χ4n) is 1.46. The summed E-state index contributed by atoms with van der Waals surface area (Å²) in [5, 5.41) is 2.90. The summed E-state index contributed by atoms with van der Waals surface area (Å²) < 4.78 is 0. The van der Waals surface area contributed by atoms with Crippen LogP contribution in [-0.4, -0.2) is 55.0 Å². The van der Waals surface area contributed by atoms with Gasteiger partial charge in [0.1, 0.15) is 0 Å². The number of nitrogens with one attached hydrogen (secondary N) is 1. The zero-order chi connectivity index (χ0) is 14.0. The van der Waals surface area contributed by atoms with Crippen LogP contribution in [0.1, 0.15) is 33.1 Å². The molecule has 0 rings (SSSR count). The molecule has 1 amide bonds. The number of hydrogen-bond acceptors (Lipinski definition) is 4. The maximum absolute atomic E-state index is 11.6. The predicted molar refractivity (Wildman–Crippen MR) is 81.0 cm³/mol. The number of hydrogen-bond donors (Lipinski definition) is 2. The molecule has 0 spiro atoms. The van der Waals surface area contributed by atoms with Crippen molar-refractivity contribution in [3.05, 3.63) is 0 Å². The van der Waals surface area contributed by atoms with Crippen molar-refractivity contribution in [1.82, 2.24) is 10.2 Å². The maximum Gasteiger partial charge on any atom is 0.236 e. The highest BCUT2D eigenvalue weighted by Crippen LogP contribution is 1.99. The average Bonchev–Trinajstić information content (AvgIpc) is 2.34. The zero-order valence-electron chi connectivity index (χ0n) is 12.2. The number of carbonyl (C=O) groups is 1. The average molecular weight is 275 g/mol. The van der Waals surface area contributed by atoms with Crippen LogP contribution in [0.25, 0.3) is 0 Å². The first-order chi connectivity index (χ1) is 8.49. The van der Waals surface area contributed by atoms with E-state index < -0.39 is 0 Å². The third-order valence-corrected chi connectivity index (χ3v) is 3.73. The highest BCUT2D eigenvalue weighted by Gasteiger charge is 2.11. The van der Waals surface area contributed by atoms with Crippen LogP contribution < -0.4 is 11.1 Å². The summed E-state index contributed by atoms with van der Waals surface area (Å²) in [6.07, 6.45) is 4.89. The Balaban J connectivity index is 3.51. The van der Waals surface area contributed by atoms with Gasteiger partial charge in [-0.25, -0.2) is 0 Å². The lowest BCUT2D eigenvalue weighted by Crippen LogP contribution is -2.41. The molecule has 0 aromatic rings. The van der Waals surface area contributed by atoms with Crippen molar-refractivity contribution in [3.63, 3.8) is 0 Å². The monoisotopic (exact) mass is 275 g/mol. The van der Waals surface area contributed by atoms with Gasteiger partial charge in [-0.1, -0.05) is 0 Å². The standard InChI is InChI=1S/C13H29N3OS/c1-11(2)16(3)9-6-5-8-15-13(17)12(14)7-10-18-4/h11-12H,5-10,14H2,1-4H3,(H,15,17)/t12-/m0/s1. The molecule has 4 nitrogen and oxygen atoms in total. The molecule has 0 fully saturated rings. The number of amides is 1. The van der Waals surface area contributed by atoms with Gasteiger partial charge in [0.25, 0.3) is 0 Å². The molecule has 0 bridgehead atoms. The first-order valence-corrected chi connectivity index (χ1v) is 8.11. The minimum atomic E-state index is -0.351. The lowest BCUT2D eigenvalue weighted by molar-refractivity contribution is -0.122. The molecular weight excluding hydrogens is 246 g/mol. The Hall–Kier alpha value is -0.260. The fraction of sp³-hybridized carbons (Fsp3) is 0.923. The summed E-state index contributed by atoms with van der Waals surface area (Å²) in [6, 6.07) is 0.232. The molecule has 3 N–H and O–H groups in total. The highest BCUT2D eigenvalue weighted by atomic mass is 32.2. The number of carbonyl (C=O) groups excluding carboxylic acids is 1. The predicted octanol–water partition coefficient (Wildman–Crippen LogP) is 1.30. The van der Waals surface area contributed by atoms with Gasteiger partial charge in [-0.3, -0.25) is 4.79 Å². The largest absolute Gasteiger partial charge is 0.355 e. The minimum Gasteiger partial charge on any atom is -0.355 e. The molecule has 108 valence electrons. The van der Waals surface area contributed by atoms with E-state index >= 15 is 0 Å². The SMILES string of the molecule is CSCC[C@H](N)C(=O)NCCCCN(C)C(C)C. The van der Waals surface area contributed by atoms with Crippen molar-refractivity contribution in [1.29, 1.82) is 0 Å². The summed E-state index contributed by atoms with van der Waals surface area (Å²) in [6.45, 7) is 6.18. The van der Waals surface area contributed by atoms with Gasteiger partial charge >= 0.3 is 0 Å². The van der Waals surface area contributed by atoms with Crippen molar-refractivity contribution >= 4 is 17.7 Å². The van der Waals surface area contributed by atoms with E-state index in [0.717, 1.165) is 38.1 Å². The molecule has 0 aromatic heterocycles. The van der Waals surface area contributed by atoms with Crippen LogP contribution in [0.15, 0.2) is 0 Å². The summed E-state index contributed by atoms with van der Waals surface area (Å²) in [5.74, 6) is 0.926. The highest BCUT2D eigenvalue weighted by molar-refractivity contribution is 7.98. The quantitative estimate of drug-likeness (QED) is 0.590. The van der Waals surface area contributed by atoms with E-state index in [1.165, 1.54) is 0 Å². The Bertz CT molecular complexity index is 224. The van der Waals surface area contributed by atoms with Crippen LogP contribution in [0, 0.1) is 0 Å². The van der Waals surface area contributed by atoms with E-state index in [0.29, 0.717) is 6.04 Å². The smallest absolute Gasteiger partial charge is 0.236 e. The number of nitrogens with two attached hydrogens (primary N) is 1. The second-order valence-electron chi connectivity index (χ2n) is 4.96. The topological polar surface area (TPSA) is 58.4 Å². The minimum absolute atomic E-state index is 0.0127. The number of unbranched alkanes of at least 4 members (excludes halogenated alkanes) is 1. The Labute approximate surface area is 116 Å². The maximum atomic E-state index is 11.6. The molecule has 0 saturated heterocycles. The zero-order valence-corrected chi connectivity index (χ0v) is 13.1. The molecule has 18 heavy (non-hydrogen) atoms. The summed E-state index contributed by atoms with van der Waals surface area (Å²) in [4.78, 5) is 13.9. The summed E-state index contributed by atoms with van der Waals surface area (Å²) in [5.41, 5.74) is 5.77. The first kappa shape index (κ1) is 17.7. The van der Waals surface area contributed by atoms with Gasteiger partial charge in [0.05, 0.1) is 6.04 Å². The first-order valence-electron chi connectivity index (χ1n) is 6.71. The summed E-state index contributed by atoms with van der Waals surface area (Å²) >= 11 is 1.72. The molecule has 0 aliphatic carbocycles. The number of thioether (sulfide) groups is 1. The molecule has 0 aliphatic rings. The van der Waals surface area contributed by atoms with E-state index in [-0.39, 0.29) is 11.9 Å². The van der Waals surface area contributed by atoms with Gasteiger partial charge in [0.2, 0.25) is 5.91 Å². The molecule has 5 heteroatoms. The van der Waals surface area contributed by atoms with Crippen molar-refractivity contribution in [2.24, 2.45) is 5.73 Å². The second-order valence-corrected chi connectivity index (χ2v) is 5.95. The van der Waals surface area contributed by atoms with Crippen LogP contribution >= 0.6 is 11.8 Å². The van der Waals surface area contributed by atoms with E-state index in [1.54, 1.807) is 11.8 Å². The van der Waals surface area contributed by atoms with Gasteiger partial charge < -0.3 is 16.0 Å². The van der Waals surface area contributed by atoms with Gasteiger partial charge in [0, 0.05) is 12.6 Å². The van der Waals surface area contributed by atoms with Gasteiger partial charge in [-0.05, 0) is 58.7 Å². The molecule has 0 radical (unpaired) electrons. The van der Waals surface area contributed by atoms with Crippen LogP contribution in [-0.2, 0) is 4.79 Å². The van der Waals surface area contributed by atoms with E-state index in [4.69, 9.17) is 5.73 Å². The summed E-state index contributed by atoms with van der Waals surface area (Å²) in [7, 11) is 2.13. The van der Waals surface area contributed by atoms with E-state index in [9.17, 15) is 4.79 Å². The van der Waals surface area contributed by atoms with Crippen molar-refractivity contribution in [3.8, 4) is 0 Å². The van der Waals surface area contributed by atoms with Crippen molar-refractivity contribution < 1.29 is 4.79 Å². The molecule has 0 aromatic carbocycles. The fourth-order valence-corrected chi connectivity index (χ4v) is 1.95. The molecule has 0 saturated carbocycles. The second kappa shape index (κ2) is 10.6. The van der Waals surface area contributed by atoms with Crippen LogP contribution in [0.4, 0.5) is 0 Å². The van der Waals surface area contributed by atoms with Gasteiger partial charge in [-0.2, -0.15) is 11.8 Å². The molecular formula is C13H29N3OS. The Morgan fingerprint density at radius 2 is 2.06 bits per heavy atom. The Morgan fingerprint density at radius 3 is 2.61 bits per heavy atom. The third-order valence-electron chi connectivity index (χ3n) is 3.09. The lowest BCUT2D eigenvalue weighted by atomic mass is 10.2. The van der Waals surface area contributed by atoms with Gasteiger partial charge in [-0.15, -0.1) is 0 Å². The Kier molecular flexibility index (Phi) is 10.5. The van der Waals surface area contributed by atoms with Gasteiger partial charge in [0.15, 0.2) is 0 Å². The normalized spacial score (nSPS) is 13.1. The molecule has 0 heterocycles. The van der Waals surface area contributed by atoms with E-state index in [1.807, 2.05) is 6.26 Å². The number of nitrogens with zero attached hydrogens (tertiary/aromatic N) is 1. The lowest BCUT2D eigenvalue weighted by Gasteiger charge is -2.20. The van der Waals surface area contributed by atoms with Crippen LogP contribution in [0.5, 0.6) is 0 Å². The molecule has 1 atom stereocenters. The molecule has 0 unspecified atom stereocenters. The van der Waals surface area contributed by atoms with Crippen LogP contribution in [0.2, 0.25) is 0 Å². The van der Waals surface area contributed by atoms with Crippen molar-refractivity contribution in [2.45, 2.75) is 45.2 Å². The molecule has 0 aliphatic heterocycles. The third kappa shape index (κ3) is 8.78. The van der Waals surface area contributed by atoms with Crippen molar-refractivity contribution in [2.75, 3.05) is 32.1 Å².